The van der Waals surface area contributed by atoms with Gasteiger partial charge in [-0.3, -0.25) is 0 Å². The molecule has 1 aliphatic heterocycles. The van der Waals surface area contributed by atoms with Crippen LogP contribution in [0.25, 0.3) is 0 Å². The first kappa shape index (κ1) is 15.7. The maximum Gasteiger partial charge on any atom is 0.0790 e. The van der Waals surface area contributed by atoms with Crippen LogP contribution >= 0.6 is 0 Å². The fourth-order valence-electron chi connectivity index (χ4n) is 3.13. The van der Waals surface area contributed by atoms with Gasteiger partial charge in [-0.15, -0.1) is 0 Å². The first-order valence-electron chi connectivity index (χ1n) is 8.30. The zero-order valence-corrected chi connectivity index (χ0v) is 14.0. The molecule has 0 saturated carbocycles. The van der Waals surface area contributed by atoms with Crippen molar-refractivity contribution in [3.05, 3.63) is 53.1 Å². The molecule has 0 atom stereocenters. The summed E-state index contributed by atoms with van der Waals surface area (Å²) >= 11 is 0. The van der Waals surface area contributed by atoms with Crippen LogP contribution in [0.1, 0.15) is 16.7 Å². The molecule has 1 saturated heterocycles. The normalized spacial score (nSPS) is 14.8. The summed E-state index contributed by atoms with van der Waals surface area (Å²) in [4.78, 5) is 2.37. The second-order valence-corrected chi connectivity index (χ2v) is 6.21. The first-order valence-corrected chi connectivity index (χ1v) is 8.30. The molecule has 4 N–H and O–H groups in total. The monoisotopic (exact) mass is 310 g/mol. The van der Waals surface area contributed by atoms with Gasteiger partial charge in [-0.1, -0.05) is 30.3 Å². The summed E-state index contributed by atoms with van der Waals surface area (Å²) in [5.41, 5.74) is 13.4. The Hall–Kier alpha value is -2.20. The van der Waals surface area contributed by atoms with Crippen molar-refractivity contribution >= 4 is 17.1 Å². The Morgan fingerprint density at radius 2 is 1.78 bits per heavy atom. The van der Waals surface area contributed by atoms with Gasteiger partial charge in [0.2, 0.25) is 0 Å². The lowest BCUT2D eigenvalue weighted by Crippen LogP contribution is -2.43. The summed E-state index contributed by atoms with van der Waals surface area (Å²) in [7, 11) is 0. The minimum absolute atomic E-state index is 0.794. The fraction of sp³-hybridized carbons (Fsp3) is 0.368. The first-order chi connectivity index (χ1) is 11.2. The molecule has 1 aliphatic rings. The van der Waals surface area contributed by atoms with Crippen LogP contribution < -0.4 is 21.3 Å². The molecule has 1 heterocycles. The number of aryl methyl sites for hydroxylation is 2. The van der Waals surface area contributed by atoms with Gasteiger partial charge in [0.1, 0.15) is 0 Å². The van der Waals surface area contributed by atoms with Crippen molar-refractivity contribution in [2.45, 2.75) is 20.4 Å². The molecule has 122 valence electrons. The number of hydrogen-bond acceptors (Lipinski definition) is 4. The molecule has 0 amide bonds. The topological polar surface area (TPSA) is 53.3 Å². The van der Waals surface area contributed by atoms with Gasteiger partial charge in [0.05, 0.1) is 17.1 Å². The molecule has 3 rings (SSSR count). The van der Waals surface area contributed by atoms with Crippen molar-refractivity contribution in [2.75, 3.05) is 42.1 Å². The van der Waals surface area contributed by atoms with E-state index in [2.05, 4.69) is 65.8 Å². The molecule has 0 aliphatic carbocycles. The molecule has 0 bridgehead atoms. The van der Waals surface area contributed by atoms with Crippen molar-refractivity contribution in [3.8, 4) is 0 Å². The molecule has 2 aromatic rings. The number of nitrogens with two attached hydrogens (primary N) is 1. The highest BCUT2D eigenvalue weighted by Gasteiger charge is 2.16. The third-order valence-corrected chi connectivity index (χ3v) is 4.61. The van der Waals surface area contributed by atoms with Crippen molar-refractivity contribution in [1.29, 1.82) is 0 Å². The third kappa shape index (κ3) is 3.42. The van der Waals surface area contributed by atoms with E-state index in [1.54, 1.807) is 0 Å². The molecule has 4 heteroatoms. The quantitative estimate of drug-likeness (QED) is 0.760. The number of hydrogen-bond donors (Lipinski definition) is 3. The molecule has 23 heavy (non-hydrogen) atoms. The summed E-state index contributed by atoms with van der Waals surface area (Å²) in [6, 6.07) is 12.8. The lowest BCUT2D eigenvalue weighted by atomic mass is 10.1. The van der Waals surface area contributed by atoms with Crippen LogP contribution in [0.2, 0.25) is 0 Å². The molecule has 2 aromatic carbocycles. The minimum Gasteiger partial charge on any atom is -0.395 e. The van der Waals surface area contributed by atoms with Crippen LogP contribution in [-0.2, 0) is 6.54 Å². The van der Waals surface area contributed by atoms with E-state index in [-0.39, 0.29) is 0 Å². The van der Waals surface area contributed by atoms with Crippen LogP contribution in [0.5, 0.6) is 0 Å². The summed E-state index contributed by atoms with van der Waals surface area (Å²) in [6.45, 7) is 9.08. The molecule has 0 unspecified atom stereocenters. The Bertz CT molecular complexity index is 675. The number of nitrogens with one attached hydrogen (secondary N) is 2. The Morgan fingerprint density at radius 3 is 2.52 bits per heavy atom. The average Bonchev–Trinajstić information content (AvgIpc) is 2.57. The fourth-order valence-corrected chi connectivity index (χ4v) is 3.13. The summed E-state index contributed by atoms with van der Waals surface area (Å²) < 4.78 is 0. The molecule has 4 nitrogen and oxygen atoms in total. The van der Waals surface area contributed by atoms with E-state index in [9.17, 15) is 0 Å². The highest BCUT2D eigenvalue weighted by molar-refractivity contribution is 5.83. The summed E-state index contributed by atoms with van der Waals surface area (Å²) in [5, 5.41) is 6.94. The number of piperazine rings is 1. The molecule has 0 spiro atoms. The molecule has 0 aromatic heterocycles. The van der Waals surface area contributed by atoms with Crippen LogP contribution in [0.4, 0.5) is 17.1 Å². The molecular formula is C19H26N4. The Kier molecular flexibility index (Phi) is 4.72. The van der Waals surface area contributed by atoms with Crippen LogP contribution in [0.15, 0.2) is 36.4 Å². The van der Waals surface area contributed by atoms with Crippen LogP contribution in [0.3, 0.4) is 0 Å². The number of anilines is 3. The number of nitrogens with zero attached hydrogens (tertiary/aromatic N) is 1. The van der Waals surface area contributed by atoms with Gasteiger partial charge in [0.25, 0.3) is 0 Å². The van der Waals surface area contributed by atoms with Gasteiger partial charge in [-0.25, -0.2) is 0 Å². The van der Waals surface area contributed by atoms with Crippen molar-refractivity contribution in [2.24, 2.45) is 0 Å². The van der Waals surface area contributed by atoms with E-state index >= 15 is 0 Å². The molecule has 1 fully saturated rings. The highest BCUT2D eigenvalue weighted by atomic mass is 15.2. The standard InChI is InChI=1S/C19H26N4/c1-14-5-3-4-6-16(14)13-22-19-15(2)7-8-17(18(19)20)23-11-9-21-10-12-23/h3-8,21-22H,9-13,20H2,1-2H3. The van der Waals surface area contributed by atoms with Crippen LogP contribution in [0, 0.1) is 13.8 Å². The lowest BCUT2D eigenvalue weighted by Gasteiger charge is -2.31. The minimum atomic E-state index is 0.794. The van der Waals surface area contributed by atoms with E-state index in [1.807, 2.05) is 0 Å². The summed E-state index contributed by atoms with van der Waals surface area (Å²) in [6.07, 6.45) is 0. The number of nitrogen functional groups attached to an aromatic ring is 1. The SMILES string of the molecule is Cc1ccccc1CNc1c(C)ccc(N2CCNCC2)c1N. The van der Waals surface area contributed by atoms with Gasteiger partial charge in [0, 0.05) is 32.7 Å². The van der Waals surface area contributed by atoms with Gasteiger partial charge in [0.15, 0.2) is 0 Å². The van der Waals surface area contributed by atoms with Crippen molar-refractivity contribution in [3.63, 3.8) is 0 Å². The smallest absolute Gasteiger partial charge is 0.0790 e. The predicted molar refractivity (Wildman–Crippen MR) is 99.2 cm³/mol. The van der Waals surface area contributed by atoms with E-state index in [0.29, 0.717) is 0 Å². The number of rotatable bonds is 4. The van der Waals surface area contributed by atoms with Gasteiger partial charge < -0.3 is 21.3 Å². The second kappa shape index (κ2) is 6.92. The Balaban J connectivity index is 1.82. The van der Waals surface area contributed by atoms with Crippen molar-refractivity contribution < 1.29 is 0 Å². The van der Waals surface area contributed by atoms with Gasteiger partial charge in [-0.2, -0.15) is 0 Å². The maximum atomic E-state index is 6.49. The average molecular weight is 310 g/mol. The van der Waals surface area contributed by atoms with E-state index in [1.165, 1.54) is 16.7 Å². The van der Waals surface area contributed by atoms with Gasteiger partial charge >= 0.3 is 0 Å². The molecular weight excluding hydrogens is 284 g/mol. The highest BCUT2D eigenvalue weighted by Crippen LogP contribution is 2.34. The zero-order valence-electron chi connectivity index (χ0n) is 14.0. The molecule has 0 radical (unpaired) electrons. The third-order valence-electron chi connectivity index (χ3n) is 4.61. The lowest BCUT2D eigenvalue weighted by molar-refractivity contribution is 0.590. The van der Waals surface area contributed by atoms with Crippen molar-refractivity contribution in [1.82, 2.24) is 5.32 Å². The van der Waals surface area contributed by atoms with E-state index < -0.39 is 0 Å². The van der Waals surface area contributed by atoms with E-state index in [4.69, 9.17) is 5.73 Å². The summed E-state index contributed by atoms with van der Waals surface area (Å²) in [5.74, 6) is 0. The maximum absolute atomic E-state index is 6.49. The Morgan fingerprint density at radius 1 is 1.04 bits per heavy atom. The predicted octanol–water partition coefficient (Wildman–Crippen LogP) is 2.91. The second-order valence-electron chi connectivity index (χ2n) is 6.21. The van der Waals surface area contributed by atoms with E-state index in [0.717, 1.165) is 49.8 Å². The van der Waals surface area contributed by atoms with Gasteiger partial charge in [-0.05, 0) is 36.6 Å². The Labute approximate surface area is 138 Å². The van der Waals surface area contributed by atoms with Crippen LogP contribution in [-0.4, -0.2) is 26.2 Å². The number of benzene rings is 2. The zero-order chi connectivity index (χ0) is 16.2. The largest absolute Gasteiger partial charge is 0.395 e.